The third kappa shape index (κ3) is 2.53. The largest absolute Gasteiger partial charge is 0.381 e. The lowest BCUT2D eigenvalue weighted by atomic mass is 9.91. The molecule has 0 aliphatic heterocycles. The molecule has 0 bridgehead atoms. The normalized spacial score (nSPS) is 11.8. The molecule has 2 aromatic rings. The molecular weight excluding hydrogens is 224 g/mol. The van der Waals surface area contributed by atoms with E-state index in [0.717, 1.165) is 5.69 Å². The zero-order valence-corrected chi connectivity index (χ0v) is 11.4. The maximum absolute atomic E-state index is 5.92. The number of rotatable bonds is 2. The van der Waals surface area contributed by atoms with Crippen molar-refractivity contribution in [3.05, 3.63) is 41.1 Å². The van der Waals surface area contributed by atoms with E-state index in [1.165, 1.54) is 11.1 Å². The fraction of sp³-hybridized carbons (Fsp3) is 0.429. The van der Waals surface area contributed by atoms with Gasteiger partial charge in [0.25, 0.3) is 0 Å². The monoisotopic (exact) mass is 244 g/mol. The van der Waals surface area contributed by atoms with Gasteiger partial charge in [0.15, 0.2) is 5.82 Å². The van der Waals surface area contributed by atoms with Gasteiger partial charge in [0.1, 0.15) is 0 Å². The van der Waals surface area contributed by atoms with Crippen molar-refractivity contribution in [3.8, 4) is 0 Å². The van der Waals surface area contributed by atoms with Gasteiger partial charge in [-0.3, -0.25) is 0 Å². The smallest absolute Gasteiger partial charge is 0.169 e. The van der Waals surface area contributed by atoms with Crippen molar-refractivity contribution in [2.45, 2.75) is 39.7 Å². The van der Waals surface area contributed by atoms with E-state index in [-0.39, 0.29) is 5.41 Å². The van der Waals surface area contributed by atoms with Crippen molar-refractivity contribution in [2.75, 3.05) is 5.73 Å². The number of nitrogens with two attached hydrogens (primary N) is 1. The van der Waals surface area contributed by atoms with Crippen LogP contribution in [0.15, 0.2) is 24.3 Å². The van der Waals surface area contributed by atoms with Crippen LogP contribution in [0.25, 0.3) is 0 Å². The topological polar surface area (TPSA) is 56.7 Å². The lowest BCUT2D eigenvalue weighted by molar-refractivity contribution is 0.502. The van der Waals surface area contributed by atoms with Gasteiger partial charge in [0.05, 0.1) is 12.2 Å². The molecule has 2 N–H and O–H groups in total. The summed E-state index contributed by atoms with van der Waals surface area (Å²) in [4.78, 5) is 0. The molecule has 0 saturated carbocycles. The highest BCUT2D eigenvalue weighted by Crippen LogP contribution is 2.26. The summed E-state index contributed by atoms with van der Waals surface area (Å²) < 4.78 is 1.89. The van der Waals surface area contributed by atoms with Gasteiger partial charge in [-0.2, -0.15) is 0 Å². The molecule has 0 saturated heterocycles. The third-order valence-corrected chi connectivity index (χ3v) is 2.89. The Morgan fingerprint density at radius 2 is 2.00 bits per heavy atom. The van der Waals surface area contributed by atoms with Crippen LogP contribution in [0.4, 0.5) is 5.82 Å². The molecular formula is C14H20N4. The van der Waals surface area contributed by atoms with Gasteiger partial charge in [0.2, 0.25) is 0 Å². The van der Waals surface area contributed by atoms with Crippen LogP contribution in [0.2, 0.25) is 0 Å². The van der Waals surface area contributed by atoms with E-state index in [1.807, 2.05) is 4.68 Å². The predicted octanol–water partition coefficient (Wildman–Crippen LogP) is 2.51. The second-order valence-electron chi connectivity index (χ2n) is 5.72. The third-order valence-electron chi connectivity index (χ3n) is 2.89. The second kappa shape index (κ2) is 4.44. The molecule has 0 unspecified atom stereocenters. The van der Waals surface area contributed by atoms with E-state index in [2.05, 4.69) is 62.3 Å². The Kier molecular flexibility index (Phi) is 3.11. The van der Waals surface area contributed by atoms with Crippen molar-refractivity contribution in [3.63, 3.8) is 0 Å². The maximum atomic E-state index is 5.92. The van der Waals surface area contributed by atoms with Crippen LogP contribution < -0.4 is 5.73 Å². The van der Waals surface area contributed by atoms with Gasteiger partial charge in [0, 0.05) is 5.41 Å². The fourth-order valence-electron chi connectivity index (χ4n) is 2.19. The van der Waals surface area contributed by atoms with Crippen LogP contribution in [0.1, 0.15) is 37.6 Å². The van der Waals surface area contributed by atoms with Crippen molar-refractivity contribution < 1.29 is 0 Å². The lowest BCUT2D eigenvalue weighted by Gasteiger charge is -2.20. The Morgan fingerprint density at radius 3 is 2.61 bits per heavy atom. The molecule has 1 aromatic carbocycles. The number of aryl methyl sites for hydroxylation is 1. The molecule has 0 atom stereocenters. The lowest BCUT2D eigenvalue weighted by Crippen LogP contribution is -2.20. The van der Waals surface area contributed by atoms with Gasteiger partial charge in [-0.25, -0.2) is 4.68 Å². The summed E-state index contributed by atoms with van der Waals surface area (Å²) in [5.74, 6) is 0.523. The average molecular weight is 244 g/mol. The summed E-state index contributed by atoms with van der Waals surface area (Å²) in [5, 5.41) is 8.14. The highest BCUT2D eigenvalue weighted by Gasteiger charge is 2.23. The van der Waals surface area contributed by atoms with E-state index < -0.39 is 0 Å². The van der Waals surface area contributed by atoms with Crippen LogP contribution in [0.3, 0.4) is 0 Å². The number of nitrogen functional groups attached to an aromatic ring is 1. The van der Waals surface area contributed by atoms with E-state index >= 15 is 0 Å². The summed E-state index contributed by atoms with van der Waals surface area (Å²) in [6.07, 6.45) is 0. The van der Waals surface area contributed by atoms with Crippen LogP contribution >= 0.6 is 0 Å². The highest BCUT2D eigenvalue weighted by molar-refractivity contribution is 5.38. The zero-order chi connectivity index (χ0) is 13.3. The fourth-order valence-corrected chi connectivity index (χ4v) is 2.19. The molecule has 0 amide bonds. The number of nitrogens with zero attached hydrogens (tertiary/aromatic N) is 3. The Labute approximate surface area is 108 Å². The van der Waals surface area contributed by atoms with Crippen LogP contribution in [-0.2, 0) is 12.0 Å². The summed E-state index contributed by atoms with van der Waals surface area (Å²) in [6, 6.07) is 8.40. The Balaban J connectivity index is 2.36. The molecule has 1 aromatic heterocycles. The molecule has 2 rings (SSSR count). The van der Waals surface area contributed by atoms with Crippen LogP contribution in [0.5, 0.6) is 0 Å². The first-order valence-electron chi connectivity index (χ1n) is 6.13. The number of benzene rings is 1. The Morgan fingerprint density at radius 1 is 1.28 bits per heavy atom. The van der Waals surface area contributed by atoms with E-state index in [0.29, 0.717) is 12.4 Å². The van der Waals surface area contributed by atoms with Crippen LogP contribution in [-0.4, -0.2) is 15.0 Å². The van der Waals surface area contributed by atoms with Crippen molar-refractivity contribution in [1.82, 2.24) is 15.0 Å². The minimum absolute atomic E-state index is 0.0581. The number of anilines is 1. The number of aromatic nitrogens is 3. The Hall–Kier alpha value is -1.84. The summed E-state index contributed by atoms with van der Waals surface area (Å²) >= 11 is 0. The minimum atomic E-state index is -0.0581. The summed E-state index contributed by atoms with van der Waals surface area (Å²) in [6.45, 7) is 9.15. The van der Waals surface area contributed by atoms with Crippen molar-refractivity contribution in [2.24, 2.45) is 0 Å². The molecule has 0 spiro atoms. The molecule has 1 heterocycles. The van der Waals surface area contributed by atoms with E-state index in [4.69, 9.17) is 5.73 Å². The first kappa shape index (κ1) is 12.6. The van der Waals surface area contributed by atoms with Gasteiger partial charge in [-0.15, -0.1) is 5.10 Å². The molecule has 4 heteroatoms. The van der Waals surface area contributed by atoms with Gasteiger partial charge < -0.3 is 5.73 Å². The van der Waals surface area contributed by atoms with Crippen LogP contribution in [0, 0.1) is 6.92 Å². The average Bonchev–Trinajstić information content (AvgIpc) is 2.59. The van der Waals surface area contributed by atoms with Gasteiger partial charge in [-0.05, 0) is 12.5 Å². The molecule has 0 aliphatic rings. The Bertz CT molecular complexity index is 549. The predicted molar refractivity (Wildman–Crippen MR) is 73.4 cm³/mol. The first-order valence-corrected chi connectivity index (χ1v) is 6.13. The van der Waals surface area contributed by atoms with Crippen molar-refractivity contribution in [1.29, 1.82) is 0 Å². The maximum Gasteiger partial charge on any atom is 0.169 e. The van der Waals surface area contributed by atoms with E-state index in [1.54, 1.807) is 0 Å². The molecule has 18 heavy (non-hydrogen) atoms. The van der Waals surface area contributed by atoms with Gasteiger partial charge >= 0.3 is 0 Å². The molecule has 0 radical (unpaired) electrons. The van der Waals surface area contributed by atoms with Crippen molar-refractivity contribution >= 4 is 5.82 Å². The van der Waals surface area contributed by atoms with Gasteiger partial charge in [-0.1, -0.05) is 55.8 Å². The molecule has 0 aliphatic carbocycles. The summed E-state index contributed by atoms with van der Waals surface area (Å²) in [7, 11) is 0. The highest BCUT2D eigenvalue weighted by atomic mass is 15.4. The standard InChI is InChI=1S/C14H20N4/c1-10-6-5-7-11(8-10)9-18-12(14(2,3)4)13(15)16-17-18/h5-8H,9,15H2,1-4H3. The molecule has 0 fully saturated rings. The minimum Gasteiger partial charge on any atom is -0.381 e. The molecule has 4 nitrogen and oxygen atoms in total. The number of hydrogen-bond acceptors (Lipinski definition) is 3. The first-order chi connectivity index (χ1) is 8.38. The summed E-state index contributed by atoms with van der Waals surface area (Å²) in [5.41, 5.74) is 9.31. The van der Waals surface area contributed by atoms with E-state index in [9.17, 15) is 0 Å². The number of hydrogen-bond donors (Lipinski definition) is 1. The SMILES string of the molecule is Cc1cccc(Cn2nnc(N)c2C(C)(C)C)c1. The molecule has 96 valence electrons. The second-order valence-corrected chi connectivity index (χ2v) is 5.72. The quantitative estimate of drug-likeness (QED) is 0.883. The zero-order valence-electron chi connectivity index (χ0n) is 11.4.